The number of aromatic nitrogens is 1. The zero-order chi connectivity index (χ0) is 10.6. The summed E-state index contributed by atoms with van der Waals surface area (Å²) in [7, 11) is 0. The Morgan fingerprint density at radius 2 is 1.93 bits per heavy atom. The highest BCUT2D eigenvalue weighted by Crippen LogP contribution is 2.16. The van der Waals surface area contributed by atoms with Gasteiger partial charge in [0.05, 0.1) is 13.2 Å². The number of rotatable bonds is 4. The predicted octanol–water partition coefficient (Wildman–Crippen LogP) is -1.04. The molecule has 0 amide bonds. The second-order valence-corrected chi connectivity index (χ2v) is 2.98. The van der Waals surface area contributed by atoms with Gasteiger partial charge >= 0.3 is 0 Å². The maximum absolute atomic E-state index is 9.48. The second kappa shape index (κ2) is 5.02. The lowest BCUT2D eigenvalue weighted by Gasteiger charge is -2.15. The Morgan fingerprint density at radius 1 is 1.21 bits per heavy atom. The molecule has 78 valence electrons. The van der Waals surface area contributed by atoms with Crippen molar-refractivity contribution in [3.8, 4) is 0 Å². The molecule has 1 aromatic heterocycles. The summed E-state index contributed by atoms with van der Waals surface area (Å²) in [4.78, 5) is 3.78. The van der Waals surface area contributed by atoms with Gasteiger partial charge in [-0.1, -0.05) is 0 Å². The molecular weight excluding hydrogens is 186 g/mol. The Bertz CT molecular complexity index is 292. The molecule has 0 bridgehead atoms. The van der Waals surface area contributed by atoms with Crippen LogP contribution in [0.3, 0.4) is 0 Å². The van der Waals surface area contributed by atoms with Crippen molar-refractivity contribution >= 4 is 0 Å². The molecule has 0 spiro atoms. The number of aliphatic hydroxyl groups is 4. The lowest BCUT2D eigenvalue weighted by atomic mass is 10.1. The topological polar surface area (TPSA) is 93.8 Å². The molecule has 0 saturated carbocycles. The van der Waals surface area contributed by atoms with Crippen LogP contribution in [0.1, 0.15) is 17.2 Å². The quantitative estimate of drug-likeness (QED) is 0.497. The minimum absolute atomic E-state index is 0.178. The standard InChI is InChI=1S/C9H13NO4/c11-4-6-1-7(3-10-2-6)9(14)8(13)5-12/h1-3,8-9,11-14H,4-5H2. The molecule has 0 aliphatic carbocycles. The van der Waals surface area contributed by atoms with Gasteiger partial charge in [0.25, 0.3) is 0 Å². The fraction of sp³-hybridized carbons (Fsp3) is 0.444. The molecule has 14 heavy (non-hydrogen) atoms. The van der Waals surface area contributed by atoms with Gasteiger partial charge in [0.1, 0.15) is 12.2 Å². The molecule has 2 atom stereocenters. The maximum Gasteiger partial charge on any atom is 0.109 e. The number of hydrogen-bond acceptors (Lipinski definition) is 5. The first-order valence-electron chi connectivity index (χ1n) is 4.20. The largest absolute Gasteiger partial charge is 0.394 e. The highest BCUT2D eigenvalue weighted by molar-refractivity contribution is 5.20. The molecule has 1 heterocycles. The van der Waals surface area contributed by atoms with Crippen LogP contribution in [0.15, 0.2) is 18.5 Å². The molecule has 0 aliphatic heterocycles. The molecule has 0 aromatic carbocycles. The van der Waals surface area contributed by atoms with Gasteiger partial charge in [0.15, 0.2) is 0 Å². The average molecular weight is 199 g/mol. The molecule has 0 saturated heterocycles. The van der Waals surface area contributed by atoms with E-state index in [1.165, 1.54) is 18.5 Å². The normalized spacial score (nSPS) is 15.1. The Hall–Kier alpha value is -1.01. The van der Waals surface area contributed by atoms with Crippen molar-refractivity contribution in [3.63, 3.8) is 0 Å². The van der Waals surface area contributed by atoms with Gasteiger partial charge in [-0.15, -0.1) is 0 Å². The summed E-state index contributed by atoms with van der Waals surface area (Å²) in [5, 5.41) is 36.0. The average Bonchev–Trinajstić information content (AvgIpc) is 2.27. The third-order valence-electron chi connectivity index (χ3n) is 1.89. The summed E-state index contributed by atoms with van der Waals surface area (Å²) < 4.78 is 0. The first-order valence-corrected chi connectivity index (χ1v) is 4.20. The van der Waals surface area contributed by atoms with Gasteiger partial charge in [0, 0.05) is 18.0 Å². The number of nitrogens with zero attached hydrogens (tertiary/aromatic N) is 1. The van der Waals surface area contributed by atoms with E-state index in [9.17, 15) is 5.11 Å². The molecule has 0 fully saturated rings. The fourth-order valence-electron chi connectivity index (χ4n) is 1.08. The van der Waals surface area contributed by atoms with Crippen LogP contribution in [-0.4, -0.2) is 38.1 Å². The minimum atomic E-state index is -1.23. The van der Waals surface area contributed by atoms with Crippen LogP contribution >= 0.6 is 0 Å². The van der Waals surface area contributed by atoms with E-state index in [0.717, 1.165) is 0 Å². The van der Waals surface area contributed by atoms with Crippen molar-refractivity contribution in [3.05, 3.63) is 29.6 Å². The molecule has 5 heteroatoms. The van der Waals surface area contributed by atoms with E-state index in [0.29, 0.717) is 11.1 Å². The van der Waals surface area contributed by atoms with Gasteiger partial charge < -0.3 is 20.4 Å². The highest BCUT2D eigenvalue weighted by Gasteiger charge is 2.17. The van der Waals surface area contributed by atoms with E-state index in [1.807, 2.05) is 0 Å². The summed E-state index contributed by atoms with van der Waals surface area (Å²) >= 11 is 0. The number of hydrogen-bond donors (Lipinski definition) is 4. The van der Waals surface area contributed by atoms with Gasteiger partial charge in [-0.05, 0) is 11.6 Å². The van der Waals surface area contributed by atoms with Crippen LogP contribution in [0.2, 0.25) is 0 Å². The van der Waals surface area contributed by atoms with E-state index >= 15 is 0 Å². The molecule has 4 N–H and O–H groups in total. The summed E-state index contributed by atoms with van der Waals surface area (Å²) in [5.41, 5.74) is 0.921. The Kier molecular flexibility index (Phi) is 3.97. The van der Waals surface area contributed by atoms with E-state index in [1.54, 1.807) is 0 Å². The molecule has 1 rings (SSSR count). The van der Waals surface area contributed by atoms with Gasteiger partial charge in [0.2, 0.25) is 0 Å². The molecule has 1 aromatic rings. The summed E-state index contributed by atoms with van der Waals surface area (Å²) in [6.45, 7) is -0.701. The monoisotopic (exact) mass is 199 g/mol. The SMILES string of the molecule is OCc1cncc(C(O)C(O)CO)c1. The van der Waals surface area contributed by atoms with Gasteiger partial charge in [-0.2, -0.15) is 0 Å². The van der Waals surface area contributed by atoms with Crippen molar-refractivity contribution in [2.75, 3.05) is 6.61 Å². The van der Waals surface area contributed by atoms with Crippen molar-refractivity contribution in [2.45, 2.75) is 18.8 Å². The van der Waals surface area contributed by atoms with Gasteiger partial charge in [-0.3, -0.25) is 4.98 Å². The third-order valence-corrected chi connectivity index (χ3v) is 1.89. The van der Waals surface area contributed by atoms with E-state index in [2.05, 4.69) is 4.98 Å². The van der Waals surface area contributed by atoms with Crippen LogP contribution in [-0.2, 0) is 6.61 Å². The molecule has 0 aliphatic rings. The summed E-state index contributed by atoms with van der Waals surface area (Å²) in [6, 6.07) is 1.52. The summed E-state index contributed by atoms with van der Waals surface area (Å²) in [6.07, 6.45) is 0.425. The van der Waals surface area contributed by atoms with Crippen molar-refractivity contribution in [2.24, 2.45) is 0 Å². The van der Waals surface area contributed by atoms with E-state index in [-0.39, 0.29) is 6.61 Å². The second-order valence-electron chi connectivity index (χ2n) is 2.98. The Balaban J connectivity index is 2.83. The number of aliphatic hydroxyl groups excluding tert-OH is 4. The first-order chi connectivity index (χ1) is 6.69. The number of pyridine rings is 1. The molecule has 5 nitrogen and oxygen atoms in total. The fourth-order valence-corrected chi connectivity index (χ4v) is 1.08. The van der Waals surface area contributed by atoms with Crippen LogP contribution in [0.4, 0.5) is 0 Å². The van der Waals surface area contributed by atoms with Crippen LogP contribution < -0.4 is 0 Å². The van der Waals surface area contributed by atoms with Gasteiger partial charge in [-0.25, -0.2) is 0 Å². The van der Waals surface area contributed by atoms with Crippen molar-refractivity contribution in [1.82, 2.24) is 4.98 Å². The van der Waals surface area contributed by atoms with Crippen LogP contribution in [0.25, 0.3) is 0 Å². The molecule has 2 unspecified atom stereocenters. The molecule has 0 radical (unpaired) electrons. The lowest BCUT2D eigenvalue weighted by Crippen LogP contribution is -2.22. The first kappa shape index (κ1) is 11.1. The predicted molar refractivity (Wildman–Crippen MR) is 48.2 cm³/mol. The molecular formula is C9H13NO4. The van der Waals surface area contributed by atoms with E-state index < -0.39 is 18.8 Å². The highest BCUT2D eigenvalue weighted by atomic mass is 16.4. The zero-order valence-corrected chi connectivity index (χ0v) is 7.54. The smallest absolute Gasteiger partial charge is 0.109 e. The maximum atomic E-state index is 9.48. The van der Waals surface area contributed by atoms with E-state index in [4.69, 9.17) is 15.3 Å². The lowest BCUT2D eigenvalue weighted by molar-refractivity contribution is -0.0154. The van der Waals surface area contributed by atoms with Crippen molar-refractivity contribution in [1.29, 1.82) is 0 Å². The Morgan fingerprint density at radius 3 is 2.50 bits per heavy atom. The van der Waals surface area contributed by atoms with Crippen molar-refractivity contribution < 1.29 is 20.4 Å². The third kappa shape index (κ3) is 2.49. The minimum Gasteiger partial charge on any atom is -0.394 e. The Labute approximate surface area is 81.3 Å². The van der Waals surface area contributed by atoms with Crippen LogP contribution in [0.5, 0.6) is 0 Å². The summed E-state index contributed by atoms with van der Waals surface area (Å²) in [5.74, 6) is 0. The van der Waals surface area contributed by atoms with Crippen LogP contribution in [0, 0.1) is 0 Å². The zero-order valence-electron chi connectivity index (χ0n) is 7.54.